The summed E-state index contributed by atoms with van der Waals surface area (Å²) >= 11 is 0. The third-order valence-electron chi connectivity index (χ3n) is 2.93. The van der Waals surface area contributed by atoms with Gasteiger partial charge < -0.3 is 14.2 Å². The fourth-order valence-electron chi connectivity index (χ4n) is 1.99. The van der Waals surface area contributed by atoms with E-state index in [0.29, 0.717) is 0 Å². The predicted octanol–water partition coefficient (Wildman–Crippen LogP) is 2.99. The Labute approximate surface area is 111 Å². The maximum Gasteiger partial charge on any atom is 0.267 e. The molecular weight excluding hydrogens is 254 g/mol. The van der Waals surface area contributed by atoms with E-state index in [2.05, 4.69) is 0 Å². The first-order chi connectivity index (χ1) is 8.98. The first-order valence-corrected chi connectivity index (χ1v) is 6.23. The molecule has 0 aromatic heterocycles. The first-order valence-electron chi connectivity index (χ1n) is 6.23. The van der Waals surface area contributed by atoms with Crippen molar-refractivity contribution in [3.8, 4) is 0 Å². The average molecular weight is 272 g/mol. The summed E-state index contributed by atoms with van der Waals surface area (Å²) in [5.74, 6) is -0.825. The Kier molecular flexibility index (Phi) is 4.50. The average Bonchev–Trinajstić information content (AvgIpc) is 2.71. The van der Waals surface area contributed by atoms with Crippen LogP contribution in [0.4, 0.5) is 8.78 Å². The number of hydrogen-bond donors (Lipinski definition) is 0. The van der Waals surface area contributed by atoms with E-state index in [1.807, 2.05) is 30.3 Å². The van der Waals surface area contributed by atoms with Crippen molar-refractivity contribution in [2.45, 2.75) is 44.9 Å². The summed E-state index contributed by atoms with van der Waals surface area (Å²) in [5.41, 5.74) is 0.853. The van der Waals surface area contributed by atoms with E-state index < -0.39 is 24.4 Å². The Morgan fingerprint density at radius 1 is 1.32 bits per heavy atom. The minimum atomic E-state index is -2.61. The molecule has 106 valence electrons. The zero-order valence-corrected chi connectivity index (χ0v) is 11.0. The summed E-state index contributed by atoms with van der Waals surface area (Å²) in [7, 11) is 0. The maximum absolute atomic E-state index is 13.0. The monoisotopic (exact) mass is 272 g/mol. The van der Waals surface area contributed by atoms with Gasteiger partial charge in [0.15, 0.2) is 5.79 Å². The lowest BCUT2D eigenvalue weighted by atomic mass is 10.2. The van der Waals surface area contributed by atoms with Crippen LogP contribution in [0.3, 0.4) is 0 Å². The molecule has 3 nitrogen and oxygen atoms in total. The molecule has 2 rings (SSSR count). The lowest BCUT2D eigenvalue weighted by Gasteiger charge is -2.24. The van der Waals surface area contributed by atoms with Gasteiger partial charge in [-0.1, -0.05) is 30.3 Å². The fourth-order valence-corrected chi connectivity index (χ4v) is 1.99. The highest BCUT2D eigenvalue weighted by Gasteiger charge is 2.41. The van der Waals surface area contributed by atoms with E-state index in [4.69, 9.17) is 14.2 Å². The molecule has 2 atom stereocenters. The molecule has 2 unspecified atom stereocenters. The van der Waals surface area contributed by atoms with Gasteiger partial charge in [-0.15, -0.1) is 0 Å². The molecule has 0 bridgehead atoms. The Morgan fingerprint density at radius 3 is 2.53 bits per heavy atom. The van der Waals surface area contributed by atoms with Crippen LogP contribution < -0.4 is 0 Å². The lowest BCUT2D eigenvalue weighted by molar-refractivity contribution is -0.176. The second-order valence-electron chi connectivity index (χ2n) is 4.96. The second-order valence-corrected chi connectivity index (χ2v) is 4.96. The van der Waals surface area contributed by atoms with Crippen molar-refractivity contribution in [3.05, 3.63) is 35.9 Å². The first kappa shape index (κ1) is 14.4. The second kappa shape index (κ2) is 5.94. The molecular formula is C14H18F2O3. The zero-order valence-electron chi connectivity index (χ0n) is 11.0. The van der Waals surface area contributed by atoms with Gasteiger partial charge >= 0.3 is 0 Å². The molecule has 1 aromatic rings. The van der Waals surface area contributed by atoms with E-state index >= 15 is 0 Å². The SMILES string of the molecule is CC1(C)OCC(C(OCc2ccccc2)C(F)F)O1. The summed E-state index contributed by atoms with van der Waals surface area (Å²) in [6, 6.07) is 9.21. The van der Waals surface area contributed by atoms with Gasteiger partial charge in [0, 0.05) is 0 Å². The van der Waals surface area contributed by atoms with Crippen LogP contribution >= 0.6 is 0 Å². The molecule has 1 fully saturated rings. The molecule has 0 N–H and O–H groups in total. The molecule has 19 heavy (non-hydrogen) atoms. The molecule has 0 amide bonds. The van der Waals surface area contributed by atoms with E-state index in [-0.39, 0.29) is 13.2 Å². The number of ether oxygens (including phenoxy) is 3. The topological polar surface area (TPSA) is 27.7 Å². The van der Waals surface area contributed by atoms with E-state index in [1.165, 1.54) is 0 Å². The molecule has 1 saturated heterocycles. The van der Waals surface area contributed by atoms with E-state index in [1.54, 1.807) is 13.8 Å². The quantitative estimate of drug-likeness (QED) is 0.824. The Morgan fingerprint density at radius 2 is 2.00 bits per heavy atom. The Hall–Kier alpha value is -1.04. The van der Waals surface area contributed by atoms with Crippen molar-refractivity contribution in [3.63, 3.8) is 0 Å². The normalized spacial score (nSPS) is 23.7. The van der Waals surface area contributed by atoms with Gasteiger partial charge in [0.1, 0.15) is 12.2 Å². The van der Waals surface area contributed by atoms with Gasteiger partial charge in [0.2, 0.25) is 0 Å². The molecule has 1 aromatic carbocycles. The number of benzene rings is 1. The van der Waals surface area contributed by atoms with E-state index in [9.17, 15) is 8.78 Å². The van der Waals surface area contributed by atoms with Crippen LogP contribution in [0, 0.1) is 0 Å². The molecule has 0 aliphatic carbocycles. The maximum atomic E-state index is 13.0. The number of alkyl halides is 2. The molecule has 1 aliphatic heterocycles. The summed E-state index contributed by atoms with van der Waals surface area (Å²) in [6.07, 6.45) is -4.62. The largest absolute Gasteiger partial charge is 0.365 e. The highest BCUT2D eigenvalue weighted by molar-refractivity contribution is 5.13. The third-order valence-corrected chi connectivity index (χ3v) is 2.93. The number of hydrogen-bond acceptors (Lipinski definition) is 3. The zero-order chi connectivity index (χ0) is 13.9. The molecule has 1 heterocycles. The molecule has 0 radical (unpaired) electrons. The van der Waals surface area contributed by atoms with Crippen molar-refractivity contribution in [2.75, 3.05) is 6.61 Å². The molecule has 5 heteroatoms. The van der Waals surface area contributed by atoms with Gasteiger partial charge in [-0.25, -0.2) is 8.78 Å². The highest BCUT2D eigenvalue weighted by atomic mass is 19.3. The van der Waals surface area contributed by atoms with Gasteiger partial charge in [0.05, 0.1) is 13.2 Å². The summed E-state index contributed by atoms with van der Waals surface area (Å²) in [5, 5.41) is 0. The number of rotatable bonds is 5. The molecule has 1 aliphatic rings. The highest BCUT2D eigenvalue weighted by Crippen LogP contribution is 2.28. The summed E-state index contributed by atoms with van der Waals surface area (Å²) in [6.45, 7) is 3.66. The van der Waals surface area contributed by atoms with Crippen LogP contribution in [0.1, 0.15) is 19.4 Å². The summed E-state index contributed by atoms with van der Waals surface area (Å²) < 4.78 is 42.1. The van der Waals surface area contributed by atoms with Gasteiger partial charge in [0.25, 0.3) is 6.43 Å². The Balaban J connectivity index is 1.94. The van der Waals surface area contributed by atoms with Crippen LogP contribution in [-0.4, -0.2) is 31.0 Å². The van der Waals surface area contributed by atoms with Crippen molar-refractivity contribution in [1.29, 1.82) is 0 Å². The van der Waals surface area contributed by atoms with Crippen molar-refractivity contribution < 1.29 is 23.0 Å². The van der Waals surface area contributed by atoms with E-state index in [0.717, 1.165) is 5.56 Å². The lowest BCUT2D eigenvalue weighted by Crippen LogP contribution is -2.38. The molecule has 0 spiro atoms. The standard InChI is InChI=1S/C14H18F2O3/c1-14(2)18-9-11(19-14)12(13(15)16)17-8-10-6-4-3-5-7-10/h3-7,11-13H,8-9H2,1-2H3. The van der Waals surface area contributed by atoms with Crippen LogP contribution in [0.25, 0.3) is 0 Å². The fraction of sp³-hybridized carbons (Fsp3) is 0.571. The smallest absolute Gasteiger partial charge is 0.267 e. The van der Waals surface area contributed by atoms with Crippen LogP contribution in [0.5, 0.6) is 0 Å². The van der Waals surface area contributed by atoms with Crippen LogP contribution in [0.15, 0.2) is 30.3 Å². The van der Waals surface area contributed by atoms with Gasteiger partial charge in [-0.3, -0.25) is 0 Å². The van der Waals surface area contributed by atoms with Crippen molar-refractivity contribution in [2.24, 2.45) is 0 Å². The van der Waals surface area contributed by atoms with Gasteiger partial charge in [-0.05, 0) is 19.4 Å². The Bertz CT molecular complexity index is 395. The van der Waals surface area contributed by atoms with Gasteiger partial charge in [-0.2, -0.15) is 0 Å². The summed E-state index contributed by atoms with van der Waals surface area (Å²) in [4.78, 5) is 0. The minimum absolute atomic E-state index is 0.122. The van der Waals surface area contributed by atoms with Crippen LogP contribution in [0.2, 0.25) is 0 Å². The predicted molar refractivity (Wildman–Crippen MR) is 65.9 cm³/mol. The van der Waals surface area contributed by atoms with Crippen molar-refractivity contribution in [1.82, 2.24) is 0 Å². The number of halogens is 2. The van der Waals surface area contributed by atoms with Crippen molar-refractivity contribution >= 4 is 0 Å². The third kappa shape index (κ3) is 3.96. The molecule has 0 saturated carbocycles. The van der Waals surface area contributed by atoms with Crippen LogP contribution in [-0.2, 0) is 20.8 Å². The minimum Gasteiger partial charge on any atom is -0.365 e.